The molecule has 0 amide bonds. The van der Waals surface area contributed by atoms with Gasteiger partial charge in [0.25, 0.3) is 7.82 Å². The number of nitrogens with zero attached hydrogens (tertiary/aromatic N) is 4. The van der Waals surface area contributed by atoms with Crippen molar-refractivity contribution >= 4 is 40.7 Å². The van der Waals surface area contributed by atoms with E-state index in [0.29, 0.717) is 15.9 Å². The number of anilines is 1. The van der Waals surface area contributed by atoms with Gasteiger partial charge in [0.15, 0.2) is 21.7 Å². The summed E-state index contributed by atoms with van der Waals surface area (Å²) in [5.74, 6) is 0.227. The molecule has 2 aliphatic heterocycles. The molecule has 0 bridgehead atoms. The van der Waals surface area contributed by atoms with Crippen LogP contribution in [0.3, 0.4) is 0 Å². The summed E-state index contributed by atoms with van der Waals surface area (Å²) in [6.07, 6.45) is -2.25. The summed E-state index contributed by atoms with van der Waals surface area (Å²) in [6.45, 7) is -0.0335. The minimum atomic E-state index is -4.40. The van der Waals surface area contributed by atoms with Crippen LogP contribution in [0.2, 0.25) is 0 Å². The Bertz CT molecular complexity index is 854. The molecular weight excluding hydrogens is 432 g/mol. The first-order valence-corrected chi connectivity index (χ1v) is 9.21. The summed E-state index contributed by atoms with van der Waals surface area (Å²) in [7, 11) is -4.40. The van der Waals surface area contributed by atoms with Crippen molar-refractivity contribution in [2.45, 2.75) is 31.0 Å². The second kappa shape index (κ2) is 7.12. The molecule has 4 rings (SSSR count). The molecular formula is C11H12BrN5NaO6P. The molecule has 2 aromatic heterocycles. The number of fused-ring (bicyclic) bond motifs is 2. The van der Waals surface area contributed by atoms with Gasteiger partial charge >= 0.3 is 29.6 Å². The van der Waals surface area contributed by atoms with Gasteiger partial charge in [-0.1, -0.05) is 0 Å². The van der Waals surface area contributed by atoms with Crippen molar-refractivity contribution in [1.82, 2.24) is 19.5 Å². The standard InChI is InChI=1S/C11H13BrN5O6P.Na/c12-11-16-6-9(13)14-3-15-10(6)17(11)1-4-7(18)8-5(22-4)2-21-24(19,20)23-8;/h3-5,7-8,18H,1-2H2,(H,19,20)(H2,13,14,15);/q;+1/p-1. The number of phosphoric acid groups is 1. The molecule has 25 heavy (non-hydrogen) atoms. The predicted molar refractivity (Wildman–Crippen MR) is 80.5 cm³/mol. The number of aliphatic hydroxyl groups is 1. The minimum Gasteiger partial charge on any atom is -0.756 e. The molecule has 2 fully saturated rings. The van der Waals surface area contributed by atoms with Gasteiger partial charge in [0.05, 0.1) is 13.2 Å². The minimum absolute atomic E-state index is 0. The Morgan fingerprint density at radius 3 is 3.04 bits per heavy atom. The van der Waals surface area contributed by atoms with Crippen LogP contribution in [0, 0.1) is 0 Å². The number of nitrogens with two attached hydrogens (primary N) is 1. The molecule has 5 atom stereocenters. The summed E-state index contributed by atoms with van der Waals surface area (Å²) in [5.41, 5.74) is 6.65. The maximum atomic E-state index is 11.4. The van der Waals surface area contributed by atoms with Crippen molar-refractivity contribution in [2.24, 2.45) is 0 Å². The molecule has 5 unspecified atom stereocenters. The molecule has 2 aliphatic rings. The molecule has 11 nitrogen and oxygen atoms in total. The van der Waals surface area contributed by atoms with Gasteiger partial charge < -0.3 is 34.1 Å². The number of hydrogen-bond donors (Lipinski definition) is 2. The summed E-state index contributed by atoms with van der Waals surface area (Å²) < 4.78 is 28.6. The van der Waals surface area contributed by atoms with E-state index >= 15 is 0 Å². The first-order valence-electron chi connectivity index (χ1n) is 6.95. The number of ether oxygens (including phenoxy) is 1. The fourth-order valence-corrected chi connectivity index (χ4v) is 4.28. The Kier molecular flexibility index (Phi) is 5.58. The van der Waals surface area contributed by atoms with Gasteiger partial charge in [0.1, 0.15) is 30.7 Å². The van der Waals surface area contributed by atoms with Crippen molar-refractivity contribution in [1.29, 1.82) is 0 Å². The Hall–Kier alpha value is -0.140. The molecule has 3 N–H and O–H groups in total. The number of imidazole rings is 1. The van der Waals surface area contributed by atoms with Gasteiger partial charge in [-0.15, -0.1) is 0 Å². The summed E-state index contributed by atoms with van der Waals surface area (Å²) in [6, 6.07) is 0. The van der Waals surface area contributed by atoms with Gasteiger partial charge in [-0.2, -0.15) is 0 Å². The van der Waals surface area contributed by atoms with Crippen LogP contribution in [0.25, 0.3) is 11.2 Å². The molecule has 2 aromatic rings. The predicted octanol–water partition coefficient (Wildman–Crippen LogP) is -3.81. The van der Waals surface area contributed by atoms with Crippen molar-refractivity contribution in [3.8, 4) is 0 Å². The second-order valence-electron chi connectivity index (χ2n) is 5.44. The first kappa shape index (κ1) is 19.6. The third kappa shape index (κ3) is 3.53. The molecule has 0 aliphatic carbocycles. The Labute approximate surface area is 171 Å². The molecule has 0 radical (unpaired) electrons. The van der Waals surface area contributed by atoms with Crippen LogP contribution in [0.4, 0.5) is 5.82 Å². The zero-order valence-electron chi connectivity index (χ0n) is 13.0. The van der Waals surface area contributed by atoms with Crippen molar-refractivity contribution in [3.63, 3.8) is 0 Å². The summed E-state index contributed by atoms with van der Waals surface area (Å²) in [5, 5.41) is 10.4. The molecule has 2 saturated heterocycles. The van der Waals surface area contributed by atoms with E-state index in [1.807, 2.05) is 0 Å². The van der Waals surface area contributed by atoms with E-state index in [1.54, 1.807) is 4.57 Å². The van der Waals surface area contributed by atoms with Crippen LogP contribution < -0.4 is 40.2 Å². The van der Waals surface area contributed by atoms with E-state index in [-0.39, 0.29) is 48.5 Å². The van der Waals surface area contributed by atoms with E-state index in [4.69, 9.17) is 15.0 Å². The molecule has 0 spiro atoms. The molecule has 130 valence electrons. The third-order valence-corrected chi connectivity index (χ3v) is 5.53. The van der Waals surface area contributed by atoms with Gasteiger partial charge in [-0.25, -0.2) is 15.0 Å². The fourth-order valence-electron chi connectivity index (χ4n) is 2.84. The summed E-state index contributed by atoms with van der Waals surface area (Å²) >= 11 is 3.31. The Morgan fingerprint density at radius 1 is 1.52 bits per heavy atom. The topological polar surface area (TPSA) is 158 Å². The van der Waals surface area contributed by atoms with E-state index < -0.39 is 32.2 Å². The van der Waals surface area contributed by atoms with Crippen LogP contribution in [-0.4, -0.2) is 55.6 Å². The Balaban J connectivity index is 0.00000182. The molecule has 14 heteroatoms. The number of hydrogen-bond acceptors (Lipinski definition) is 10. The van der Waals surface area contributed by atoms with Gasteiger partial charge in [-0.05, 0) is 15.9 Å². The van der Waals surface area contributed by atoms with E-state index in [2.05, 4.69) is 35.4 Å². The van der Waals surface area contributed by atoms with Crippen LogP contribution >= 0.6 is 23.8 Å². The smallest absolute Gasteiger partial charge is 0.756 e. The van der Waals surface area contributed by atoms with E-state index in [1.165, 1.54) is 6.33 Å². The quantitative estimate of drug-likeness (QED) is 0.267. The monoisotopic (exact) mass is 443 g/mol. The maximum absolute atomic E-state index is 11.4. The largest absolute Gasteiger partial charge is 1.00 e. The molecule has 0 aromatic carbocycles. The van der Waals surface area contributed by atoms with Crippen molar-refractivity contribution in [2.75, 3.05) is 12.3 Å². The van der Waals surface area contributed by atoms with Crippen LogP contribution in [0.1, 0.15) is 0 Å². The zero-order valence-corrected chi connectivity index (χ0v) is 17.5. The van der Waals surface area contributed by atoms with Crippen LogP contribution in [-0.2, 0) is 24.9 Å². The summed E-state index contributed by atoms with van der Waals surface area (Å²) in [4.78, 5) is 23.6. The van der Waals surface area contributed by atoms with Crippen LogP contribution in [0.5, 0.6) is 0 Å². The van der Waals surface area contributed by atoms with Crippen molar-refractivity contribution in [3.05, 3.63) is 11.1 Å². The average Bonchev–Trinajstić information content (AvgIpc) is 2.99. The van der Waals surface area contributed by atoms with E-state index in [0.717, 1.165) is 0 Å². The fraction of sp³-hybridized carbons (Fsp3) is 0.545. The number of halogens is 1. The second-order valence-corrected chi connectivity index (χ2v) is 7.51. The zero-order chi connectivity index (χ0) is 17.1. The van der Waals surface area contributed by atoms with Crippen LogP contribution in [0.15, 0.2) is 11.1 Å². The first-order chi connectivity index (χ1) is 11.4. The number of rotatable bonds is 2. The maximum Gasteiger partial charge on any atom is 1.00 e. The number of aromatic nitrogens is 4. The third-order valence-electron chi connectivity index (χ3n) is 3.96. The normalized spacial score (nSPS) is 34.7. The molecule has 4 heterocycles. The van der Waals surface area contributed by atoms with E-state index in [9.17, 15) is 14.6 Å². The average molecular weight is 444 g/mol. The Morgan fingerprint density at radius 2 is 2.28 bits per heavy atom. The number of nitrogen functional groups attached to an aromatic ring is 1. The SMILES string of the molecule is Nc1ncnc2c1nc(Br)n2CC1OC2COP(=O)([O-])OC2C1O.[Na+]. The van der Waals surface area contributed by atoms with Gasteiger partial charge in [0, 0.05) is 0 Å². The van der Waals surface area contributed by atoms with Crippen molar-refractivity contribution < 1.29 is 57.9 Å². The van der Waals surface area contributed by atoms with Gasteiger partial charge in [-0.3, -0.25) is 4.57 Å². The molecule has 0 saturated carbocycles. The number of aliphatic hydroxyl groups excluding tert-OH is 1. The van der Waals surface area contributed by atoms with Gasteiger partial charge in [0.2, 0.25) is 0 Å². The number of phosphoric ester groups is 1.